The van der Waals surface area contributed by atoms with Gasteiger partial charge in [0, 0.05) is 11.8 Å². The Hall–Kier alpha value is -1.06. The topological polar surface area (TPSA) is 52.6 Å². The van der Waals surface area contributed by atoms with E-state index in [1.165, 1.54) is 0 Å². The molecule has 20 heavy (non-hydrogen) atoms. The van der Waals surface area contributed by atoms with Crippen molar-refractivity contribution >= 4 is 11.9 Å². The molecule has 116 valence electrons. The summed E-state index contributed by atoms with van der Waals surface area (Å²) >= 11 is 0. The van der Waals surface area contributed by atoms with Gasteiger partial charge in [-0.1, -0.05) is 53.4 Å². The molecule has 0 N–H and O–H groups in total. The van der Waals surface area contributed by atoms with Gasteiger partial charge in [-0.2, -0.15) is 0 Å². The van der Waals surface area contributed by atoms with E-state index in [0.29, 0.717) is 0 Å². The molecule has 1 aliphatic heterocycles. The van der Waals surface area contributed by atoms with Crippen LogP contribution < -0.4 is 0 Å². The SMILES string of the molecule is CCCCC(C)C1OC(=O)C(C(C)CCCC)OC1=O. The lowest BCUT2D eigenvalue weighted by molar-refractivity contribution is -0.202. The largest absolute Gasteiger partial charge is 0.447 e. The first-order chi connectivity index (χ1) is 9.51. The van der Waals surface area contributed by atoms with E-state index in [0.717, 1.165) is 38.5 Å². The molecule has 0 amide bonds. The quantitative estimate of drug-likeness (QED) is 0.640. The Labute approximate surface area is 122 Å². The number of esters is 2. The van der Waals surface area contributed by atoms with E-state index in [9.17, 15) is 9.59 Å². The number of carbonyl (C=O) groups is 2. The molecule has 0 aromatic rings. The highest BCUT2D eigenvalue weighted by atomic mass is 16.6. The van der Waals surface area contributed by atoms with Crippen LogP contribution in [0.15, 0.2) is 0 Å². The third-order valence-corrected chi connectivity index (χ3v) is 4.01. The molecule has 4 unspecified atom stereocenters. The highest BCUT2D eigenvalue weighted by molar-refractivity contribution is 5.87. The Kier molecular flexibility index (Phi) is 7.03. The highest BCUT2D eigenvalue weighted by Crippen LogP contribution is 2.26. The minimum Gasteiger partial charge on any atom is -0.447 e. The maximum absolute atomic E-state index is 12.0. The number of rotatable bonds is 8. The lowest BCUT2D eigenvalue weighted by atomic mass is 9.94. The average Bonchev–Trinajstić information content (AvgIpc) is 2.44. The average molecular weight is 284 g/mol. The van der Waals surface area contributed by atoms with Crippen LogP contribution in [0.4, 0.5) is 0 Å². The van der Waals surface area contributed by atoms with Gasteiger partial charge in [-0.15, -0.1) is 0 Å². The minimum absolute atomic E-state index is 0.0262. The first-order valence-corrected chi connectivity index (χ1v) is 7.92. The molecule has 0 spiro atoms. The molecule has 0 aromatic heterocycles. The maximum atomic E-state index is 12.0. The van der Waals surface area contributed by atoms with Crippen LogP contribution in [0.5, 0.6) is 0 Å². The van der Waals surface area contributed by atoms with Crippen LogP contribution in [0.1, 0.15) is 66.2 Å². The van der Waals surface area contributed by atoms with E-state index >= 15 is 0 Å². The van der Waals surface area contributed by atoms with Crippen LogP contribution >= 0.6 is 0 Å². The highest BCUT2D eigenvalue weighted by Gasteiger charge is 2.42. The number of cyclic esters (lactones) is 2. The second-order valence-electron chi connectivity index (χ2n) is 5.95. The minimum atomic E-state index is -0.719. The lowest BCUT2D eigenvalue weighted by Gasteiger charge is -2.33. The van der Waals surface area contributed by atoms with E-state index in [-0.39, 0.29) is 23.8 Å². The molecule has 1 fully saturated rings. The number of hydrogen-bond acceptors (Lipinski definition) is 4. The summed E-state index contributed by atoms with van der Waals surface area (Å²) in [5.41, 5.74) is 0. The third-order valence-electron chi connectivity index (χ3n) is 4.01. The first-order valence-electron chi connectivity index (χ1n) is 7.92. The van der Waals surface area contributed by atoms with Crippen molar-refractivity contribution in [2.45, 2.75) is 78.4 Å². The van der Waals surface area contributed by atoms with Gasteiger partial charge in [-0.3, -0.25) is 0 Å². The van der Waals surface area contributed by atoms with E-state index in [2.05, 4.69) is 13.8 Å². The monoisotopic (exact) mass is 284 g/mol. The molecule has 1 heterocycles. The van der Waals surface area contributed by atoms with Crippen molar-refractivity contribution in [2.24, 2.45) is 11.8 Å². The molecule has 1 saturated heterocycles. The fourth-order valence-electron chi connectivity index (χ4n) is 2.53. The Balaban J connectivity index is 2.57. The van der Waals surface area contributed by atoms with Gasteiger partial charge in [0.15, 0.2) is 0 Å². The fourth-order valence-corrected chi connectivity index (χ4v) is 2.53. The second-order valence-corrected chi connectivity index (χ2v) is 5.95. The number of ether oxygens (including phenoxy) is 2. The van der Waals surface area contributed by atoms with Crippen LogP contribution in [0.25, 0.3) is 0 Å². The van der Waals surface area contributed by atoms with Gasteiger partial charge in [0.2, 0.25) is 12.2 Å². The third kappa shape index (κ3) is 4.50. The Morgan fingerprint density at radius 2 is 1.20 bits per heavy atom. The van der Waals surface area contributed by atoms with Gasteiger partial charge in [0.05, 0.1) is 0 Å². The number of unbranched alkanes of at least 4 members (excludes halogenated alkanes) is 2. The molecule has 0 aliphatic carbocycles. The molecule has 1 rings (SSSR count). The number of hydrogen-bond donors (Lipinski definition) is 0. The van der Waals surface area contributed by atoms with Crippen LogP contribution in [0.2, 0.25) is 0 Å². The van der Waals surface area contributed by atoms with Gasteiger partial charge in [0.25, 0.3) is 0 Å². The molecule has 4 nitrogen and oxygen atoms in total. The normalized spacial score (nSPS) is 25.8. The van der Waals surface area contributed by atoms with E-state index in [4.69, 9.17) is 9.47 Å². The van der Waals surface area contributed by atoms with E-state index in [1.54, 1.807) is 0 Å². The van der Waals surface area contributed by atoms with E-state index in [1.807, 2.05) is 13.8 Å². The summed E-state index contributed by atoms with van der Waals surface area (Å²) in [6, 6.07) is 0. The Bertz CT molecular complexity index is 294. The van der Waals surface area contributed by atoms with Crippen molar-refractivity contribution < 1.29 is 19.1 Å². The van der Waals surface area contributed by atoms with Gasteiger partial charge in [-0.05, 0) is 12.8 Å². The molecule has 4 atom stereocenters. The summed E-state index contributed by atoms with van der Waals surface area (Å²) in [6.45, 7) is 8.08. The number of carbonyl (C=O) groups excluding carboxylic acids is 2. The summed E-state index contributed by atoms with van der Waals surface area (Å²) < 4.78 is 10.7. The van der Waals surface area contributed by atoms with Crippen LogP contribution in [0.3, 0.4) is 0 Å². The van der Waals surface area contributed by atoms with Crippen molar-refractivity contribution in [2.75, 3.05) is 0 Å². The summed E-state index contributed by atoms with van der Waals surface area (Å²) in [4.78, 5) is 24.1. The standard InChI is InChI=1S/C16H28O4/c1-5-7-9-11(3)13-15(17)20-14(16(18)19-13)12(4)10-8-6-2/h11-14H,5-10H2,1-4H3. The summed E-state index contributed by atoms with van der Waals surface area (Å²) in [5.74, 6) is -0.695. The van der Waals surface area contributed by atoms with Crippen LogP contribution in [-0.4, -0.2) is 24.1 Å². The molecule has 0 saturated carbocycles. The molecular weight excluding hydrogens is 256 g/mol. The molecule has 1 aliphatic rings. The lowest BCUT2D eigenvalue weighted by Crippen LogP contribution is -2.49. The van der Waals surface area contributed by atoms with Crippen molar-refractivity contribution in [3.05, 3.63) is 0 Å². The van der Waals surface area contributed by atoms with Crippen LogP contribution in [-0.2, 0) is 19.1 Å². The Morgan fingerprint density at radius 1 is 0.850 bits per heavy atom. The molecule has 0 aromatic carbocycles. The Morgan fingerprint density at radius 3 is 1.50 bits per heavy atom. The van der Waals surface area contributed by atoms with Crippen molar-refractivity contribution in [3.63, 3.8) is 0 Å². The van der Waals surface area contributed by atoms with E-state index < -0.39 is 12.2 Å². The predicted octanol–water partition coefficient (Wildman–Crippen LogP) is 3.48. The van der Waals surface area contributed by atoms with Gasteiger partial charge in [0.1, 0.15) is 0 Å². The summed E-state index contributed by atoms with van der Waals surface area (Å²) in [7, 11) is 0. The second kappa shape index (κ2) is 8.28. The van der Waals surface area contributed by atoms with Gasteiger partial charge < -0.3 is 9.47 Å². The van der Waals surface area contributed by atoms with Crippen molar-refractivity contribution in [1.82, 2.24) is 0 Å². The fraction of sp³-hybridized carbons (Fsp3) is 0.875. The zero-order valence-corrected chi connectivity index (χ0v) is 13.2. The zero-order chi connectivity index (χ0) is 15.1. The summed E-state index contributed by atoms with van der Waals surface area (Å²) in [6.07, 6.45) is 4.50. The van der Waals surface area contributed by atoms with Crippen LogP contribution in [0, 0.1) is 11.8 Å². The molecule has 4 heteroatoms. The molecular formula is C16H28O4. The summed E-state index contributed by atoms with van der Waals surface area (Å²) in [5, 5.41) is 0. The first kappa shape index (κ1) is 17.0. The molecule has 0 radical (unpaired) electrons. The maximum Gasteiger partial charge on any atom is 0.348 e. The zero-order valence-electron chi connectivity index (χ0n) is 13.2. The van der Waals surface area contributed by atoms with Gasteiger partial charge >= 0.3 is 11.9 Å². The predicted molar refractivity (Wildman–Crippen MR) is 77.1 cm³/mol. The molecule has 0 bridgehead atoms. The smallest absolute Gasteiger partial charge is 0.348 e. The van der Waals surface area contributed by atoms with Gasteiger partial charge in [-0.25, -0.2) is 9.59 Å². The van der Waals surface area contributed by atoms with Crippen molar-refractivity contribution in [3.8, 4) is 0 Å². The van der Waals surface area contributed by atoms with Crippen molar-refractivity contribution in [1.29, 1.82) is 0 Å².